The van der Waals surface area contributed by atoms with Crippen LogP contribution in [0.15, 0.2) is 59.6 Å². The summed E-state index contributed by atoms with van der Waals surface area (Å²) in [6.07, 6.45) is 0. The second-order valence-electron chi connectivity index (χ2n) is 5.67. The van der Waals surface area contributed by atoms with Crippen molar-refractivity contribution in [2.45, 2.75) is 25.8 Å². The van der Waals surface area contributed by atoms with E-state index in [9.17, 15) is 0 Å². The summed E-state index contributed by atoms with van der Waals surface area (Å²) in [4.78, 5) is 6.63. The highest BCUT2D eigenvalue weighted by Crippen LogP contribution is 2.30. The molecule has 2 atom stereocenters. The molecule has 2 N–H and O–H groups in total. The zero-order valence-electron chi connectivity index (χ0n) is 12.5. The van der Waals surface area contributed by atoms with E-state index in [2.05, 4.69) is 72.3 Å². The lowest BCUT2D eigenvalue weighted by Crippen LogP contribution is -2.43. The minimum atomic E-state index is 0.273. The molecule has 108 valence electrons. The highest BCUT2D eigenvalue weighted by Gasteiger charge is 2.32. The SMILES string of the molecule is Cc1ccc(N2C(N)=NCC2C(C)c2ccccc2)cc1. The van der Waals surface area contributed by atoms with Crippen LogP contribution in [0.1, 0.15) is 24.0 Å². The maximum Gasteiger partial charge on any atom is 0.196 e. The molecular formula is C18H21N3. The molecule has 2 aromatic rings. The zero-order chi connectivity index (χ0) is 14.8. The minimum Gasteiger partial charge on any atom is -0.370 e. The van der Waals surface area contributed by atoms with Crippen molar-refractivity contribution in [3.8, 4) is 0 Å². The maximum atomic E-state index is 6.13. The van der Waals surface area contributed by atoms with Gasteiger partial charge in [0, 0.05) is 11.6 Å². The first-order valence-electron chi connectivity index (χ1n) is 7.37. The van der Waals surface area contributed by atoms with Crippen molar-refractivity contribution in [2.75, 3.05) is 11.4 Å². The van der Waals surface area contributed by atoms with Crippen LogP contribution in [0.5, 0.6) is 0 Å². The number of guanidine groups is 1. The van der Waals surface area contributed by atoms with Crippen LogP contribution < -0.4 is 10.6 Å². The van der Waals surface area contributed by atoms with Crippen LogP contribution in [0.4, 0.5) is 5.69 Å². The van der Waals surface area contributed by atoms with E-state index in [0.717, 1.165) is 12.2 Å². The molecule has 0 fully saturated rings. The first-order valence-corrected chi connectivity index (χ1v) is 7.37. The first-order chi connectivity index (χ1) is 10.2. The fraction of sp³-hybridized carbons (Fsp3) is 0.278. The molecule has 3 nitrogen and oxygen atoms in total. The van der Waals surface area contributed by atoms with Crippen molar-refractivity contribution in [1.29, 1.82) is 0 Å². The molecule has 0 aromatic heterocycles. The molecule has 0 spiro atoms. The second kappa shape index (κ2) is 5.60. The summed E-state index contributed by atoms with van der Waals surface area (Å²) in [5, 5.41) is 0. The molecule has 0 radical (unpaired) electrons. The van der Waals surface area contributed by atoms with Gasteiger partial charge in [0.25, 0.3) is 0 Å². The predicted octanol–water partition coefficient (Wildman–Crippen LogP) is 3.30. The van der Waals surface area contributed by atoms with Gasteiger partial charge in [-0.2, -0.15) is 0 Å². The van der Waals surface area contributed by atoms with Crippen LogP contribution in [0, 0.1) is 6.92 Å². The number of aryl methyl sites for hydroxylation is 1. The summed E-state index contributed by atoms with van der Waals surface area (Å²) >= 11 is 0. The molecule has 0 saturated carbocycles. The highest BCUT2D eigenvalue weighted by molar-refractivity contribution is 5.97. The molecule has 21 heavy (non-hydrogen) atoms. The van der Waals surface area contributed by atoms with E-state index in [1.165, 1.54) is 11.1 Å². The van der Waals surface area contributed by atoms with Crippen molar-refractivity contribution in [3.63, 3.8) is 0 Å². The lowest BCUT2D eigenvalue weighted by molar-refractivity contribution is 0.595. The average molecular weight is 279 g/mol. The fourth-order valence-electron chi connectivity index (χ4n) is 2.90. The van der Waals surface area contributed by atoms with Crippen LogP contribution in [0.25, 0.3) is 0 Å². The number of hydrogen-bond acceptors (Lipinski definition) is 3. The van der Waals surface area contributed by atoms with Gasteiger partial charge in [0.05, 0.1) is 12.6 Å². The molecule has 3 heteroatoms. The van der Waals surface area contributed by atoms with Crippen molar-refractivity contribution in [2.24, 2.45) is 10.7 Å². The van der Waals surface area contributed by atoms with Gasteiger partial charge in [0.1, 0.15) is 0 Å². The molecule has 1 heterocycles. The van der Waals surface area contributed by atoms with E-state index in [-0.39, 0.29) is 6.04 Å². The Morgan fingerprint density at radius 3 is 2.43 bits per heavy atom. The van der Waals surface area contributed by atoms with Crippen LogP contribution in [-0.2, 0) is 0 Å². The molecule has 0 aliphatic carbocycles. The van der Waals surface area contributed by atoms with E-state index >= 15 is 0 Å². The van der Waals surface area contributed by atoms with Crippen LogP contribution in [0.2, 0.25) is 0 Å². The summed E-state index contributed by atoms with van der Waals surface area (Å²) < 4.78 is 0. The Hall–Kier alpha value is -2.29. The van der Waals surface area contributed by atoms with Gasteiger partial charge < -0.3 is 10.6 Å². The molecular weight excluding hydrogens is 258 g/mol. The zero-order valence-corrected chi connectivity index (χ0v) is 12.5. The largest absolute Gasteiger partial charge is 0.370 e. The molecule has 1 aliphatic rings. The van der Waals surface area contributed by atoms with Crippen molar-refractivity contribution in [1.82, 2.24) is 0 Å². The molecule has 0 amide bonds. The Kier molecular flexibility index (Phi) is 3.65. The molecule has 0 saturated heterocycles. The second-order valence-corrected chi connectivity index (χ2v) is 5.67. The lowest BCUT2D eigenvalue weighted by atomic mass is 9.92. The van der Waals surface area contributed by atoms with E-state index in [1.807, 2.05) is 6.07 Å². The van der Waals surface area contributed by atoms with Crippen molar-refractivity contribution < 1.29 is 0 Å². The van der Waals surface area contributed by atoms with E-state index < -0.39 is 0 Å². The van der Waals surface area contributed by atoms with Gasteiger partial charge >= 0.3 is 0 Å². The van der Waals surface area contributed by atoms with Crippen molar-refractivity contribution >= 4 is 11.6 Å². The van der Waals surface area contributed by atoms with Crippen LogP contribution in [0.3, 0.4) is 0 Å². The fourth-order valence-corrected chi connectivity index (χ4v) is 2.90. The van der Waals surface area contributed by atoms with E-state index in [1.54, 1.807) is 0 Å². The van der Waals surface area contributed by atoms with E-state index in [0.29, 0.717) is 11.9 Å². The molecule has 2 unspecified atom stereocenters. The Bertz CT molecular complexity index is 631. The molecule has 3 rings (SSSR count). The summed E-state index contributed by atoms with van der Waals surface area (Å²) in [6, 6.07) is 19.3. The van der Waals surface area contributed by atoms with Gasteiger partial charge in [-0.15, -0.1) is 0 Å². The Balaban J connectivity index is 1.90. The lowest BCUT2D eigenvalue weighted by Gasteiger charge is -2.31. The highest BCUT2D eigenvalue weighted by atomic mass is 15.3. The molecule has 2 aromatic carbocycles. The van der Waals surface area contributed by atoms with E-state index in [4.69, 9.17) is 5.73 Å². The summed E-state index contributed by atoms with van der Waals surface area (Å²) in [6.45, 7) is 5.08. The van der Waals surface area contributed by atoms with Gasteiger partial charge in [0.15, 0.2) is 5.96 Å². The standard InChI is InChI=1S/C18H21N3/c1-13-8-10-16(11-9-13)21-17(12-20-18(21)19)14(2)15-6-4-3-5-7-15/h3-11,14,17H,12H2,1-2H3,(H2,19,20). The summed E-state index contributed by atoms with van der Waals surface area (Å²) in [5.74, 6) is 0.990. The minimum absolute atomic E-state index is 0.273. The van der Waals surface area contributed by atoms with Gasteiger partial charge in [0.2, 0.25) is 0 Å². The first kappa shape index (κ1) is 13.7. The Morgan fingerprint density at radius 1 is 1.10 bits per heavy atom. The number of nitrogens with two attached hydrogens (primary N) is 1. The van der Waals surface area contributed by atoms with Gasteiger partial charge in [-0.1, -0.05) is 55.0 Å². The maximum absolute atomic E-state index is 6.13. The normalized spacial score (nSPS) is 19.4. The number of nitrogens with zero attached hydrogens (tertiary/aromatic N) is 2. The Labute approximate surface area is 126 Å². The van der Waals surface area contributed by atoms with Crippen LogP contribution in [-0.4, -0.2) is 18.5 Å². The smallest absolute Gasteiger partial charge is 0.196 e. The van der Waals surface area contributed by atoms with Gasteiger partial charge in [-0.25, -0.2) is 0 Å². The third kappa shape index (κ3) is 2.64. The molecule has 1 aliphatic heterocycles. The number of rotatable bonds is 3. The third-order valence-corrected chi connectivity index (χ3v) is 4.23. The summed E-state index contributed by atoms with van der Waals surface area (Å²) in [5.41, 5.74) is 9.82. The molecule has 0 bridgehead atoms. The Morgan fingerprint density at radius 2 is 1.76 bits per heavy atom. The topological polar surface area (TPSA) is 41.6 Å². The van der Waals surface area contributed by atoms with Gasteiger partial charge in [-0.3, -0.25) is 4.99 Å². The summed E-state index contributed by atoms with van der Waals surface area (Å²) in [7, 11) is 0. The van der Waals surface area contributed by atoms with Crippen LogP contribution >= 0.6 is 0 Å². The number of anilines is 1. The number of hydrogen-bond donors (Lipinski definition) is 1. The monoisotopic (exact) mass is 279 g/mol. The number of aliphatic imine (C=N–C) groups is 1. The quantitative estimate of drug-likeness (QED) is 0.936. The van der Waals surface area contributed by atoms with Gasteiger partial charge in [-0.05, 0) is 24.6 Å². The third-order valence-electron chi connectivity index (χ3n) is 4.23. The number of benzene rings is 2. The van der Waals surface area contributed by atoms with Crippen molar-refractivity contribution in [3.05, 3.63) is 65.7 Å². The average Bonchev–Trinajstić information content (AvgIpc) is 2.90. The predicted molar refractivity (Wildman–Crippen MR) is 88.8 cm³/mol.